The number of hydrogen-bond donors (Lipinski definition) is 1. The Labute approximate surface area is 75.6 Å². The molecule has 1 aliphatic carbocycles. The molecule has 2 heterocycles. The summed E-state index contributed by atoms with van der Waals surface area (Å²) in [5, 5.41) is 2.88. The number of nitrogens with one attached hydrogen (secondary N) is 1. The minimum absolute atomic E-state index is 0.0658. The van der Waals surface area contributed by atoms with E-state index in [0.29, 0.717) is 6.42 Å². The Kier molecular flexibility index (Phi) is 1.16. The van der Waals surface area contributed by atoms with E-state index in [4.69, 9.17) is 4.74 Å². The van der Waals surface area contributed by atoms with E-state index in [1.165, 1.54) is 0 Å². The van der Waals surface area contributed by atoms with Crippen LogP contribution in [0, 0.1) is 5.92 Å². The van der Waals surface area contributed by atoms with Gasteiger partial charge in [0.25, 0.3) is 0 Å². The fourth-order valence-electron chi connectivity index (χ4n) is 2.78. The van der Waals surface area contributed by atoms with Crippen LogP contribution < -0.4 is 5.32 Å². The van der Waals surface area contributed by atoms with Crippen molar-refractivity contribution < 1.29 is 14.3 Å². The van der Waals surface area contributed by atoms with Crippen molar-refractivity contribution in [3.8, 4) is 0 Å². The van der Waals surface area contributed by atoms with Crippen molar-refractivity contribution in [3.63, 3.8) is 0 Å². The summed E-state index contributed by atoms with van der Waals surface area (Å²) in [5.41, 5.74) is -0.221. The number of esters is 1. The molecule has 13 heavy (non-hydrogen) atoms. The monoisotopic (exact) mass is 181 g/mol. The van der Waals surface area contributed by atoms with Gasteiger partial charge in [-0.1, -0.05) is 0 Å². The lowest BCUT2D eigenvalue weighted by molar-refractivity contribution is -0.147. The molecule has 4 nitrogen and oxygen atoms in total. The van der Waals surface area contributed by atoms with E-state index >= 15 is 0 Å². The standard InChI is InChI=1S/C9H11NO3/c11-7-4-9(10-7)2-1-5-3-6(9)8(12)13-5/h5-6H,1-4H2,(H,10,11). The summed E-state index contributed by atoms with van der Waals surface area (Å²) in [7, 11) is 0. The number of carbonyl (C=O) groups excluding carboxylic acids is 2. The highest BCUT2D eigenvalue weighted by Gasteiger charge is 2.58. The Morgan fingerprint density at radius 3 is 2.92 bits per heavy atom. The third kappa shape index (κ3) is 0.806. The fourth-order valence-corrected chi connectivity index (χ4v) is 2.78. The van der Waals surface area contributed by atoms with Crippen LogP contribution in [0.1, 0.15) is 25.7 Å². The van der Waals surface area contributed by atoms with Gasteiger partial charge in [0.05, 0.1) is 17.9 Å². The predicted molar refractivity (Wildman–Crippen MR) is 42.7 cm³/mol. The van der Waals surface area contributed by atoms with E-state index in [-0.39, 0.29) is 29.4 Å². The lowest BCUT2D eigenvalue weighted by Gasteiger charge is -2.46. The van der Waals surface area contributed by atoms with Crippen LogP contribution in [0.3, 0.4) is 0 Å². The molecule has 70 valence electrons. The molecule has 2 saturated heterocycles. The van der Waals surface area contributed by atoms with Gasteiger partial charge in [-0.05, 0) is 19.3 Å². The number of fused-ring (bicyclic) bond motifs is 3. The van der Waals surface area contributed by atoms with Crippen LogP contribution in [0.4, 0.5) is 0 Å². The zero-order valence-electron chi connectivity index (χ0n) is 7.21. The van der Waals surface area contributed by atoms with E-state index in [1.807, 2.05) is 0 Å². The van der Waals surface area contributed by atoms with Crippen molar-refractivity contribution in [3.05, 3.63) is 0 Å². The molecule has 1 amide bonds. The molecule has 0 aromatic heterocycles. The normalized spacial score (nSPS) is 47.1. The van der Waals surface area contributed by atoms with Gasteiger partial charge in [-0.25, -0.2) is 0 Å². The molecule has 3 rings (SSSR count). The molecule has 3 fully saturated rings. The van der Waals surface area contributed by atoms with Crippen molar-refractivity contribution >= 4 is 11.9 Å². The zero-order valence-corrected chi connectivity index (χ0v) is 7.21. The molecule has 2 aliphatic heterocycles. The van der Waals surface area contributed by atoms with Crippen molar-refractivity contribution in [2.45, 2.75) is 37.3 Å². The molecule has 1 N–H and O–H groups in total. The largest absolute Gasteiger partial charge is 0.462 e. The van der Waals surface area contributed by atoms with Gasteiger partial charge in [-0.3, -0.25) is 9.59 Å². The lowest BCUT2D eigenvalue weighted by atomic mass is 9.67. The predicted octanol–water partition coefficient (Wildman–Crippen LogP) is -0.0294. The summed E-state index contributed by atoms with van der Waals surface area (Å²) in [6.07, 6.45) is 3.25. The third-order valence-electron chi connectivity index (χ3n) is 3.51. The Morgan fingerprint density at radius 2 is 2.23 bits per heavy atom. The van der Waals surface area contributed by atoms with Crippen LogP contribution in [0.15, 0.2) is 0 Å². The summed E-state index contributed by atoms with van der Waals surface area (Å²) in [4.78, 5) is 22.3. The van der Waals surface area contributed by atoms with Gasteiger partial charge in [0, 0.05) is 0 Å². The molecule has 4 heteroatoms. The van der Waals surface area contributed by atoms with E-state index < -0.39 is 0 Å². The smallest absolute Gasteiger partial charge is 0.311 e. The first-order chi connectivity index (χ1) is 6.20. The van der Waals surface area contributed by atoms with Gasteiger partial charge in [0.2, 0.25) is 5.91 Å². The van der Waals surface area contributed by atoms with Crippen LogP contribution in [0.2, 0.25) is 0 Å². The third-order valence-corrected chi connectivity index (χ3v) is 3.51. The summed E-state index contributed by atoms with van der Waals surface area (Å²) in [5.74, 6) is -0.107. The first-order valence-electron chi connectivity index (χ1n) is 4.71. The number of hydrogen-bond acceptors (Lipinski definition) is 3. The SMILES string of the molecule is O=C1CC2(CCC3CC2C(=O)O3)N1. The molecule has 3 unspecified atom stereocenters. The maximum Gasteiger partial charge on any atom is 0.311 e. The summed E-state index contributed by atoms with van der Waals surface area (Å²) in [6.45, 7) is 0. The number of amides is 1. The van der Waals surface area contributed by atoms with Crippen LogP contribution in [0.25, 0.3) is 0 Å². The van der Waals surface area contributed by atoms with Crippen LogP contribution in [-0.4, -0.2) is 23.5 Å². The Hall–Kier alpha value is -1.06. The second kappa shape index (κ2) is 2.05. The number of rotatable bonds is 0. The number of carbonyl (C=O) groups is 2. The molecule has 0 aromatic rings. The highest BCUT2D eigenvalue weighted by Crippen LogP contribution is 2.46. The highest BCUT2D eigenvalue weighted by molar-refractivity contribution is 5.89. The minimum atomic E-state index is -0.221. The van der Waals surface area contributed by atoms with Gasteiger partial charge in [-0.15, -0.1) is 0 Å². The van der Waals surface area contributed by atoms with Gasteiger partial charge >= 0.3 is 5.97 Å². The molecule has 0 aromatic carbocycles. The van der Waals surface area contributed by atoms with E-state index in [2.05, 4.69) is 5.32 Å². The van der Waals surface area contributed by atoms with Crippen molar-refractivity contribution in [2.24, 2.45) is 5.92 Å². The Bertz CT molecular complexity index is 291. The molecule has 3 aliphatic rings. The maximum absolute atomic E-state index is 11.4. The lowest BCUT2D eigenvalue weighted by Crippen LogP contribution is -2.66. The van der Waals surface area contributed by atoms with Crippen molar-refractivity contribution in [1.82, 2.24) is 5.32 Å². The summed E-state index contributed by atoms with van der Waals surface area (Å²) >= 11 is 0. The molecule has 1 spiro atoms. The second-order valence-electron chi connectivity index (χ2n) is 4.27. The number of ether oxygens (including phenoxy) is 1. The van der Waals surface area contributed by atoms with E-state index in [0.717, 1.165) is 19.3 Å². The molecule has 3 atom stereocenters. The maximum atomic E-state index is 11.4. The number of β-lactam (4-membered cyclic amide) rings is 1. The zero-order chi connectivity index (χ0) is 9.05. The van der Waals surface area contributed by atoms with E-state index in [9.17, 15) is 9.59 Å². The van der Waals surface area contributed by atoms with Crippen LogP contribution >= 0.6 is 0 Å². The topological polar surface area (TPSA) is 55.4 Å². The summed E-state index contributed by atoms with van der Waals surface area (Å²) in [6, 6.07) is 0. The van der Waals surface area contributed by atoms with Gasteiger partial charge in [0.1, 0.15) is 6.10 Å². The Morgan fingerprint density at radius 1 is 1.46 bits per heavy atom. The van der Waals surface area contributed by atoms with Gasteiger partial charge < -0.3 is 10.1 Å². The fraction of sp³-hybridized carbons (Fsp3) is 0.778. The van der Waals surface area contributed by atoms with Gasteiger partial charge in [-0.2, -0.15) is 0 Å². The molecular weight excluding hydrogens is 170 g/mol. The van der Waals surface area contributed by atoms with Crippen LogP contribution in [-0.2, 0) is 14.3 Å². The van der Waals surface area contributed by atoms with Crippen LogP contribution in [0.5, 0.6) is 0 Å². The Balaban J connectivity index is 1.90. The first-order valence-corrected chi connectivity index (χ1v) is 4.71. The average molecular weight is 181 g/mol. The van der Waals surface area contributed by atoms with Crippen molar-refractivity contribution in [1.29, 1.82) is 0 Å². The van der Waals surface area contributed by atoms with Crippen molar-refractivity contribution in [2.75, 3.05) is 0 Å². The molecule has 2 bridgehead atoms. The van der Waals surface area contributed by atoms with E-state index in [1.54, 1.807) is 0 Å². The molecule has 0 radical (unpaired) electrons. The van der Waals surface area contributed by atoms with Gasteiger partial charge in [0.15, 0.2) is 0 Å². The molecular formula is C9H11NO3. The minimum Gasteiger partial charge on any atom is -0.462 e. The molecule has 1 saturated carbocycles. The second-order valence-corrected chi connectivity index (χ2v) is 4.27. The average Bonchev–Trinajstić information content (AvgIpc) is 2.34. The summed E-state index contributed by atoms with van der Waals surface area (Å²) < 4.78 is 5.16. The quantitative estimate of drug-likeness (QED) is 0.422. The first kappa shape index (κ1) is 7.35. The highest BCUT2D eigenvalue weighted by atomic mass is 16.6.